The van der Waals surface area contributed by atoms with Crippen molar-refractivity contribution in [2.45, 2.75) is 39.2 Å². The summed E-state index contributed by atoms with van der Waals surface area (Å²) in [5.41, 5.74) is -0.193. The molecule has 1 aliphatic rings. The second-order valence-corrected chi connectivity index (χ2v) is 6.04. The molecular weight excluding hydrogens is 274 g/mol. The van der Waals surface area contributed by atoms with Gasteiger partial charge < -0.3 is 10.6 Å². The number of amides is 1. The van der Waals surface area contributed by atoms with Crippen LogP contribution in [0.15, 0.2) is 12.1 Å². The molecule has 0 aromatic heterocycles. The smallest absolute Gasteiger partial charge is 0.251 e. The molecule has 3 nitrogen and oxygen atoms in total. The molecule has 116 valence electrons. The Bertz CT molecular complexity index is 510. The normalized spacial score (nSPS) is 25.5. The van der Waals surface area contributed by atoms with Crippen LogP contribution >= 0.6 is 0 Å². The van der Waals surface area contributed by atoms with Crippen LogP contribution in [0.2, 0.25) is 0 Å². The largest absolute Gasteiger partial charge is 0.383 e. The highest BCUT2D eigenvalue weighted by Gasteiger charge is 2.27. The monoisotopic (exact) mass is 296 g/mol. The summed E-state index contributed by atoms with van der Waals surface area (Å²) < 4.78 is 27.4. The maximum atomic E-state index is 13.7. The van der Waals surface area contributed by atoms with Gasteiger partial charge in [0.05, 0.1) is 0 Å². The molecular formula is C16H22F2N2O. The Morgan fingerprint density at radius 1 is 1.19 bits per heavy atom. The van der Waals surface area contributed by atoms with Gasteiger partial charge in [-0.3, -0.25) is 4.79 Å². The highest BCUT2D eigenvalue weighted by atomic mass is 19.1. The van der Waals surface area contributed by atoms with E-state index in [1.807, 2.05) is 0 Å². The predicted octanol–water partition coefficient (Wildman–Crippen LogP) is 3.56. The molecule has 0 spiro atoms. The van der Waals surface area contributed by atoms with E-state index in [0.29, 0.717) is 11.8 Å². The van der Waals surface area contributed by atoms with Crippen LogP contribution in [-0.2, 0) is 0 Å². The zero-order chi connectivity index (χ0) is 15.6. The van der Waals surface area contributed by atoms with E-state index in [0.717, 1.165) is 31.4 Å². The Kier molecular flexibility index (Phi) is 4.80. The summed E-state index contributed by atoms with van der Waals surface area (Å²) in [5, 5.41) is 5.35. The number of hydrogen-bond acceptors (Lipinski definition) is 2. The van der Waals surface area contributed by atoms with Gasteiger partial charge in [0.25, 0.3) is 5.91 Å². The van der Waals surface area contributed by atoms with Crippen molar-refractivity contribution in [1.82, 2.24) is 5.32 Å². The van der Waals surface area contributed by atoms with Gasteiger partial charge in [-0.25, -0.2) is 8.78 Å². The minimum atomic E-state index is -0.757. The van der Waals surface area contributed by atoms with E-state index < -0.39 is 17.5 Å². The third kappa shape index (κ3) is 3.52. The van der Waals surface area contributed by atoms with Gasteiger partial charge >= 0.3 is 0 Å². The lowest BCUT2D eigenvalue weighted by Gasteiger charge is -2.33. The lowest BCUT2D eigenvalue weighted by atomic mass is 9.80. The lowest BCUT2D eigenvalue weighted by Crippen LogP contribution is -2.42. The fourth-order valence-corrected chi connectivity index (χ4v) is 3.07. The Balaban J connectivity index is 2.10. The predicted molar refractivity (Wildman–Crippen MR) is 79.3 cm³/mol. The van der Waals surface area contributed by atoms with Gasteiger partial charge in [-0.1, -0.05) is 13.8 Å². The average Bonchev–Trinajstić information content (AvgIpc) is 2.41. The summed E-state index contributed by atoms with van der Waals surface area (Å²) in [6.07, 6.45) is 3.04. The lowest BCUT2D eigenvalue weighted by molar-refractivity contribution is 0.0898. The van der Waals surface area contributed by atoms with Crippen molar-refractivity contribution in [2.75, 3.05) is 12.4 Å². The first kappa shape index (κ1) is 15.7. The Hall–Kier alpha value is -1.65. The van der Waals surface area contributed by atoms with Crippen molar-refractivity contribution in [1.29, 1.82) is 0 Å². The highest BCUT2D eigenvalue weighted by molar-refractivity contribution is 5.94. The van der Waals surface area contributed by atoms with Gasteiger partial charge in [0, 0.05) is 18.7 Å². The summed E-state index contributed by atoms with van der Waals surface area (Å²) in [4.78, 5) is 12.2. The Morgan fingerprint density at radius 2 is 1.81 bits per heavy atom. The van der Waals surface area contributed by atoms with Crippen molar-refractivity contribution in [3.8, 4) is 0 Å². The summed E-state index contributed by atoms with van der Waals surface area (Å²) in [6, 6.07) is 2.21. The SMILES string of the molecule is CNc1c(F)cc(C(=O)NC2CCC(C)CC2C)cc1F. The average molecular weight is 296 g/mol. The van der Waals surface area contributed by atoms with E-state index in [4.69, 9.17) is 0 Å². The maximum absolute atomic E-state index is 13.7. The molecule has 1 amide bonds. The maximum Gasteiger partial charge on any atom is 0.251 e. The fourth-order valence-electron chi connectivity index (χ4n) is 3.07. The molecule has 2 N–H and O–H groups in total. The zero-order valence-electron chi connectivity index (χ0n) is 12.7. The second-order valence-electron chi connectivity index (χ2n) is 6.04. The summed E-state index contributed by atoms with van der Waals surface area (Å²) in [7, 11) is 1.44. The molecule has 1 aromatic carbocycles. The first-order valence-electron chi connectivity index (χ1n) is 7.40. The zero-order valence-corrected chi connectivity index (χ0v) is 12.7. The Labute approximate surface area is 124 Å². The molecule has 21 heavy (non-hydrogen) atoms. The first-order valence-corrected chi connectivity index (χ1v) is 7.40. The summed E-state index contributed by atoms with van der Waals surface area (Å²) in [6.45, 7) is 4.31. The molecule has 2 rings (SSSR count). The van der Waals surface area contributed by atoms with Gasteiger partial charge in [0.15, 0.2) is 0 Å². The molecule has 3 atom stereocenters. The van der Waals surface area contributed by atoms with E-state index in [1.54, 1.807) is 0 Å². The molecule has 1 saturated carbocycles. The van der Waals surface area contributed by atoms with E-state index >= 15 is 0 Å². The van der Waals surface area contributed by atoms with E-state index in [2.05, 4.69) is 24.5 Å². The molecule has 0 radical (unpaired) electrons. The number of halogens is 2. The van der Waals surface area contributed by atoms with Crippen molar-refractivity contribution in [3.05, 3.63) is 29.3 Å². The molecule has 1 aromatic rings. The topological polar surface area (TPSA) is 41.1 Å². The van der Waals surface area contributed by atoms with Gasteiger partial charge in [-0.2, -0.15) is 0 Å². The van der Waals surface area contributed by atoms with Crippen molar-refractivity contribution in [3.63, 3.8) is 0 Å². The molecule has 0 aliphatic heterocycles. The van der Waals surface area contributed by atoms with Crippen molar-refractivity contribution >= 4 is 11.6 Å². The summed E-state index contributed by atoms with van der Waals surface area (Å²) >= 11 is 0. The Morgan fingerprint density at radius 3 is 2.33 bits per heavy atom. The van der Waals surface area contributed by atoms with Crippen molar-refractivity contribution < 1.29 is 13.6 Å². The van der Waals surface area contributed by atoms with Crippen LogP contribution < -0.4 is 10.6 Å². The molecule has 5 heteroatoms. The number of nitrogens with one attached hydrogen (secondary N) is 2. The van der Waals surface area contributed by atoms with Crippen LogP contribution in [0.25, 0.3) is 0 Å². The third-order valence-electron chi connectivity index (χ3n) is 4.30. The number of hydrogen-bond donors (Lipinski definition) is 2. The van der Waals surface area contributed by atoms with Gasteiger partial charge in [-0.15, -0.1) is 0 Å². The minimum Gasteiger partial charge on any atom is -0.383 e. The van der Waals surface area contributed by atoms with Crippen molar-refractivity contribution in [2.24, 2.45) is 11.8 Å². The molecule has 0 bridgehead atoms. The van der Waals surface area contributed by atoms with E-state index in [-0.39, 0.29) is 17.3 Å². The number of rotatable bonds is 3. The molecule has 0 saturated heterocycles. The minimum absolute atomic E-state index is 0.0230. The number of carbonyl (C=O) groups is 1. The second kappa shape index (κ2) is 6.41. The van der Waals surface area contributed by atoms with Gasteiger partial charge in [-0.05, 0) is 43.2 Å². The highest BCUT2D eigenvalue weighted by Crippen LogP contribution is 2.29. The molecule has 1 fully saturated rings. The molecule has 3 unspecified atom stereocenters. The van der Waals surface area contributed by atoms with Crippen LogP contribution in [0, 0.1) is 23.5 Å². The standard InChI is InChI=1S/C16H22F2N2O/c1-9-4-5-14(10(2)6-9)20-16(21)11-7-12(17)15(19-3)13(18)8-11/h7-10,14,19H,4-6H2,1-3H3,(H,20,21). The van der Waals surface area contributed by atoms with Crippen LogP contribution in [0.5, 0.6) is 0 Å². The van der Waals surface area contributed by atoms with Crippen LogP contribution in [-0.4, -0.2) is 19.0 Å². The molecule has 0 heterocycles. The third-order valence-corrected chi connectivity index (χ3v) is 4.30. The van der Waals surface area contributed by atoms with E-state index in [1.165, 1.54) is 7.05 Å². The van der Waals surface area contributed by atoms with E-state index in [9.17, 15) is 13.6 Å². The quantitative estimate of drug-likeness (QED) is 0.895. The fraction of sp³-hybridized carbons (Fsp3) is 0.562. The van der Waals surface area contributed by atoms with Crippen LogP contribution in [0.3, 0.4) is 0 Å². The number of benzene rings is 1. The number of carbonyl (C=O) groups excluding carboxylic acids is 1. The van der Waals surface area contributed by atoms with Gasteiger partial charge in [0.2, 0.25) is 0 Å². The summed E-state index contributed by atoms with van der Waals surface area (Å²) in [5.74, 6) is -0.885. The van der Waals surface area contributed by atoms with Crippen LogP contribution in [0.1, 0.15) is 43.5 Å². The number of anilines is 1. The van der Waals surface area contributed by atoms with Crippen LogP contribution in [0.4, 0.5) is 14.5 Å². The first-order chi connectivity index (χ1) is 9.92. The molecule has 1 aliphatic carbocycles. The van der Waals surface area contributed by atoms with Gasteiger partial charge in [0.1, 0.15) is 17.3 Å².